The molecular formula is C15H24N2O2. The van der Waals surface area contributed by atoms with Gasteiger partial charge in [-0.25, -0.2) is 0 Å². The van der Waals surface area contributed by atoms with Crippen LogP contribution < -0.4 is 15.4 Å². The van der Waals surface area contributed by atoms with Crippen LogP contribution in [0, 0.1) is 20.8 Å². The summed E-state index contributed by atoms with van der Waals surface area (Å²) in [6.45, 7) is 9.66. The van der Waals surface area contributed by atoms with Crippen LogP contribution in [0.3, 0.4) is 0 Å². The summed E-state index contributed by atoms with van der Waals surface area (Å²) in [5, 5.41) is 5.97. The lowest BCUT2D eigenvalue weighted by Gasteiger charge is -2.24. The maximum atomic E-state index is 12.2. The number of likely N-dealkylation sites (N-methyl/N-ethyl adjacent to an activating group) is 1. The molecule has 4 heteroatoms. The zero-order valence-corrected chi connectivity index (χ0v) is 12.9. The molecule has 0 spiro atoms. The number of nitrogens with one attached hydrogen (secondary N) is 2. The lowest BCUT2D eigenvalue weighted by Crippen LogP contribution is -2.48. The third-order valence-electron chi connectivity index (χ3n) is 3.67. The van der Waals surface area contributed by atoms with E-state index in [1.165, 1.54) is 0 Å². The highest BCUT2D eigenvalue weighted by Crippen LogP contribution is 2.31. The van der Waals surface area contributed by atoms with Crippen molar-refractivity contribution < 1.29 is 9.53 Å². The lowest BCUT2D eigenvalue weighted by molar-refractivity contribution is -0.121. The van der Waals surface area contributed by atoms with Gasteiger partial charge in [0.05, 0.1) is 12.6 Å². The van der Waals surface area contributed by atoms with Gasteiger partial charge in [-0.1, -0.05) is 0 Å². The molecule has 0 heterocycles. The van der Waals surface area contributed by atoms with Gasteiger partial charge < -0.3 is 15.4 Å². The number of carbonyl (C=O) groups is 1. The van der Waals surface area contributed by atoms with Crippen molar-refractivity contribution in [2.75, 3.05) is 19.5 Å². The second-order valence-corrected chi connectivity index (χ2v) is 5.35. The van der Waals surface area contributed by atoms with Crippen LogP contribution in [0.4, 0.5) is 5.69 Å². The number of hydrogen-bond donors (Lipinski definition) is 2. The highest BCUT2D eigenvalue weighted by atomic mass is 16.5. The summed E-state index contributed by atoms with van der Waals surface area (Å²) in [6.07, 6.45) is 0. The molecule has 1 rings (SSSR count). The number of hydrogen-bond acceptors (Lipinski definition) is 3. The Hall–Kier alpha value is -1.55. The number of methoxy groups -OCH3 is 1. The maximum Gasteiger partial charge on any atom is 0.244 e. The second kappa shape index (κ2) is 5.61. The summed E-state index contributed by atoms with van der Waals surface area (Å²) in [4.78, 5) is 12.2. The first kappa shape index (κ1) is 15.5. The van der Waals surface area contributed by atoms with E-state index in [0.29, 0.717) is 0 Å². The molecule has 2 N–H and O–H groups in total. The second-order valence-electron chi connectivity index (χ2n) is 5.35. The van der Waals surface area contributed by atoms with Gasteiger partial charge in [0, 0.05) is 5.69 Å². The molecule has 0 aromatic heterocycles. The van der Waals surface area contributed by atoms with E-state index in [1.807, 2.05) is 40.7 Å². The molecule has 19 heavy (non-hydrogen) atoms. The van der Waals surface area contributed by atoms with Crippen LogP contribution in [0.15, 0.2) is 6.07 Å². The fraction of sp³-hybridized carbons (Fsp3) is 0.533. The molecule has 0 aliphatic heterocycles. The molecule has 1 amide bonds. The number of ether oxygens (including phenoxy) is 1. The van der Waals surface area contributed by atoms with Crippen molar-refractivity contribution >= 4 is 11.6 Å². The Morgan fingerprint density at radius 3 is 2.26 bits per heavy atom. The quantitative estimate of drug-likeness (QED) is 0.878. The van der Waals surface area contributed by atoms with E-state index in [2.05, 4.69) is 10.6 Å². The van der Waals surface area contributed by atoms with E-state index in [4.69, 9.17) is 4.74 Å². The predicted molar refractivity (Wildman–Crippen MR) is 79.0 cm³/mol. The highest BCUT2D eigenvalue weighted by molar-refractivity contribution is 5.98. The molecule has 0 atom stereocenters. The lowest BCUT2D eigenvalue weighted by atomic mass is 10.0. The average Bonchev–Trinajstić information content (AvgIpc) is 2.36. The van der Waals surface area contributed by atoms with Crippen LogP contribution in [0.5, 0.6) is 5.75 Å². The van der Waals surface area contributed by atoms with Gasteiger partial charge in [-0.3, -0.25) is 4.79 Å². The van der Waals surface area contributed by atoms with Gasteiger partial charge in [0.25, 0.3) is 0 Å². The van der Waals surface area contributed by atoms with Gasteiger partial charge in [-0.2, -0.15) is 0 Å². The molecule has 0 fully saturated rings. The van der Waals surface area contributed by atoms with E-state index in [0.717, 1.165) is 28.1 Å². The summed E-state index contributed by atoms with van der Waals surface area (Å²) in [7, 11) is 3.44. The van der Waals surface area contributed by atoms with Crippen molar-refractivity contribution in [3.8, 4) is 5.75 Å². The van der Waals surface area contributed by atoms with Crippen LogP contribution in [-0.2, 0) is 4.79 Å². The van der Waals surface area contributed by atoms with Crippen LogP contribution >= 0.6 is 0 Å². The molecular weight excluding hydrogens is 240 g/mol. The summed E-state index contributed by atoms with van der Waals surface area (Å²) >= 11 is 0. The van der Waals surface area contributed by atoms with E-state index in [1.54, 1.807) is 14.2 Å². The number of anilines is 1. The van der Waals surface area contributed by atoms with Gasteiger partial charge in [0.1, 0.15) is 5.75 Å². The number of aryl methyl sites for hydroxylation is 1. The van der Waals surface area contributed by atoms with Crippen molar-refractivity contribution in [3.05, 3.63) is 22.8 Å². The molecule has 0 saturated carbocycles. The third kappa shape index (κ3) is 3.07. The first-order valence-electron chi connectivity index (χ1n) is 6.39. The fourth-order valence-electron chi connectivity index (χ4n) is 1.89. The fourth-order valence-corrected chi connectivity index (χ4v) is 1.89. The van der Waals surface area contributed by atoms with Crippen molar-refractivity contribution in [2.45, 2.75) is 40.2 Å². The number of benzene rings is 1. The largest absolute Gasteiger partial charge is 0.496 e. The summed E-state index contributed by atoms with van der Waals surface area (Å²) in [6, 6.07) is 1.95. The molecule has 1 aromatic rings. The minimum absolute atomic E-state index is 0.0536. The monoisotopic (exact) mass is 264 g/mol. The van der Waals surface area contributed by atoms with Gasteiger partial charge in [-0.05, 0) is 64.4 Å². The standard InChI is InChI=1S/C15H24N2O2/c1-9-8-12(10(2)11(3)13(9)19-7)17-14(18)15(4,5)16-6/h8,16H,1-7H3,(H,17,18). The molecule has 106 valence electrons. The zero-order valence-electron chi connectivity index (χ0n) is 12.9. The highest BCUT2D eigenvalue weighted by Gasteiger charge is 2.26. The van der Waals surface area contributed by atoms with E-state index >= 15 is 0 Å². The number of carbonyl (C=O) groups excluding carboxylic acids is 1. The summed E-state index contributed by atoms with van der Waals surface area (Å²) in [5.74, 6) is 0.824. The Balaban J connectivity index is 3.14. The summed E-state index contributed by atoms with van der Waals surface area (Å²) < 4.78 is 5.38. The van der Waals surface area contributed by atoms with Gasteiger partial charge >= 0.3 is 0 Å². The van der Waals surface area contributed by atoms with E-state index < -0.39 is 5.54 Å². The van der Waals surface area contributed by atoms with Gasteiger partial charge in [0.2, 0.25) is 5.91 Å². The SMILES string of the molecule is CNC(C)(C)C(=O)Nc1cc(C)c(OC)c(C)c1C. The minimum atomic E-state index is -0.603. The normalized spacial score (nSPS) is 11.3. The average molecular weight is 264 g/mol. The Kier molecular flexibility index (Phi) is 4.58. The Morgan fingerprint density at radius 2 is 1.79 bits per heavy atom. The van der Waals surface area contributed by atoms with Crippen LogP contribution in [0.2, 0.25) is 0 Å². The minimum Gasteiger partial charge on any atom is -0.496 e. The van der Waals surface area contributed by atoms with Crippen molar-refractivity contribution in [2.24, 2.45) is 0 Å². The van der Waals surface area contributed by atoms with Crippen molar-refractivity contribution in [1.82, 2.24) is 5.32 Å². The number of amides is 1. The van der Waals surface area contributed by atoms with Crippen LogP contribution in [-0.4, -0.2) is 25.6 Å². The molecule has 0 unspecified atom stereocenters. The smallest absolute Gasteiger partial charge is 0.244 e. The van der Waals surface area contributed by atoms with E-state index in [-0.39, 0.29) is 5.91 Å². The Bertz CT molecular complexity index is 493. The Morgan fingerprint density at radius 1 is 1.21 bits per heavy atom. The molecule has 0 radical (unpaired) electrons. The van der Waals surface area contributed by atoms with Crippen molar-refractivity contribution in [3.63, 3.8) is 0 Å². The molecule has 0 saturated heterocycles. The molecule has 0 aliphatic rings. The summed E-state index contributed by atoms with van der Waals surface area (Å²) in [5.41, 5.74) is 3.34. The van der Waals surface area contributed by atoms with Gasteiger partial charge in [0.15, 0.2) is 0 Å². The zero-order chi connectivity index (χ0) is 14.8. The molecule has 0 aliphatic carbocycles. The van der Waals surface area contributed by atoms with Crippen LogP contribution in [0.25, 0.3) is 0 Å². The maximum absolute atomic E-state index is 12.2. The number of rotatable bonds is 4. The molecule has 0 bridgehead atoms. The topological polar surface area (TPSA) is 50.4 Å². The third-order valence-corrected chi connectivity index (χ3v) is 3.67. The van der Waals surface area contributed by atoms with Crippen molar-refractivity contribution in [1.29, 1.82) is 0 Å². The first-order valence-corrected chi connectivity index (χ1v) is 6.39. The predicted octanol–water partition coefficient (Wildman–Crippen LogP) is 2.56. The Labute approximate surface area is 115 Å². The molecule has 4 nitrogen and oxygen atoms in total. The first-order chi connectivity index (χ1) is 8.74. The van der Waals surface area contributed by atoms with E-state index in [9.17, 15) is 4.79 Å². The van der Waals surface area contributed by atoms with Crippen LogP contribution in [0.1, 0.15) is 30.5 Å². The molecule has 1 aromatic carbocycles. The van der Waals surface area contributed by atoms with Gasteiger partial charge in [-0.15, -0.1) is 0 Å².